The van der Waals surface area contributed by atoms with Crippen molar-refractivity contribution >= 4 is 28.5 Å². The molecule has 4 aromatic rings. The zero-order chi connectivity index (χ0) is 25.3. The van der Waals surface area contributed by atoms with Crippen molar-refractivity contribution in [2.75, 3.05) is 12.4 Å². The normalized spacial score (nSPS) is 11.0. The van der Waals surface area contributed by atoms with Crippen molar-refractivity contribution < 1.29 is 18.7 Å². The summed E-state index contributed by atoms with van der Waals surface area (Å²) in [5.74, 6) is 0.183. The van der Waals surface area contributed by atoms with Gasteiger partial charge < -0.3 is 9.47 Å². The molecule has 0 atom stereocenters. The number of hydrogen-bond donors (Lipinski definition) is 1. The molecule has 6 nitrogen and oxygen atoms in total. The van der Waals surface area contributed by atoms with Gasteiger partial charge in [-0.15, -0.1) is 11.3 Å². The molecule has 0 spiro atoms. The number of carbonyl (C=O) groups excluding carboxylic acids is 1. The molecule has 0 fully saturated rings. The largest absolute Gasteiger partial charge is 0.493 e. The first-order chi connectivity index (χ1) is 17.5. The minimum absolute atomic E-state index is 0.0784. The van der Waals surface area contributed by atoms with Crippen molar-refractivity contribution in [3.8, 4) is 17.6 Å². The first-order valence-electron chi connectivity index (χ1n) is 11.0. The molecule has 8 heteroatoms. The molecule has 0 saturated heterocycles. The summed E-state index contributed by atoms with van der Waals surface area (Å²) in [6.07, 6.45) is 3.69. The fourth-order valence-corrected chi connectivity index (χ4v) is 4.20. The van der Waals surface area contributed by atoms with Crippen LogP contribution in [0.1, 0.15) is 21.6 Å². The molecule has 0 aliphatic heterocycles. The van der Waals surface area contributed by atoms with Crippen LogP contribution in [0.2, 0.25) is 0 Å². The Kier molecular flexibility index (Phi) is 8.06. The molecule has 1 heterocycles. The Balaban J connectivity index is 1.42. The Morgan fingerprint density at radius 1 is 1.08 bits per heavy atom. The lowest BCUT2D eigenvalue weighted by Gasteiger charge is -2.11. The number of ether oxygens (including phenoxy) is 2. The SMILES string of the molecule is COc1cc(C=C(C#N)C(=O)Nc2ncc(Cc3ccc(F)cc3)s2)ccc1OCc1ccccc1. The number of thiazole rings is 1. The van der Waals surface area contributed by atoms with Crippen molar-refractivity contribution in [1.29, 1.82) is 5.26 Å². The number of amides is 1. The zero-order valence-corrected chi connectivity index (χ0v) is 20.2. The van der Waals surface area contributed by atoms with E-state index in [4.69, 9.17) is 9.47 Å². The Hall–Kier alpha value is -4.48. The predicted octanol–water partition coefficient (Wildman–Crippen LogP) is 6.01. The standard InChI is InChI=1S/C28H22FN3O3S/c1-34-26-15-21(9-12-25(26)35-18-20-5-3-2-4-6-20)13-22(16-30)27(33)32-28-31-17-24(36-28)14-19-7-10-23(29)11-8-19/h2-13,15,17H,14,18H2,1H3,(H,31,32,33). The Morgan fingerprint density at radius 3 is 2.58 bits per heavy atom. The molecule has 0 bridgehead atoms. The molecule has 1 amide bonds. The van der Waals surface area contributed by atoms with Crippen LogP contribution in [0, 0.1) is 17.1 Å². The van der Waals surface area contributed by atoms with E-state index in [2.05, 4.69) is 10.3 Å². The van der Waals surface area contributed by atoms with Gasteiger partial charge in [0.2, 0.25) is 0 Å². The highest BCUT2D eigenvalue weighted by molar-refractivity contribution is 7.15. The summed E-state index contributed by atoms with van der Waals surface area (Å²) in [7, 11) is 1.53. The maximum absolute atomic E-state index is 13.1. The van der Waals surface area contributed by atoms with Crippen LogP contribution in [0.3, 0.4) is 0 Å². The van der Waals surface area contributed by atoms with Crippen LogP contribution in [-0.4, -0.2) is 18.0 Å². The monoisotopic (exact) mass is 499 g/mol. The van der Waals surface area contributed by atoms with Crippen molar-refractivity contribution in [2.24, 2.45) is 0 Å². The highest BCUT2D eigenvalue weighted by atomic mass is 32.1. The minimum atomic E-state index is -0.566. The fourth-order valence-electron chi connectivity index (χ4n) is 3.36. The number of anilines is 1. The first-order valence-corrected chi connectivity index (χ1v) is 11.8. The summed E-state index contributed by atoms with van der Waals surface area (Å²) in [5, 5.41) is 12.6. The predicted molar refractivity (Wildman–Crippen MR) is 137 cm³/mol. The van der Waals surface area contributed by atoms with Gasteiger partial charge in [0.05, 0.1) is 7.11 Å². The van der Waals surface area contributed by atoms with Crippen molar-refractivity contribution in [1.82, 2.24) is 4.98 Å². The van der Waals surface area contributed by atoms with Crippen LogP contribution in [0.4, 0.5) is 9.52 Å². The highest BCUT2D eigenvalue weighted by Crippen LogP contribution is 2.30. The maximum Gasteiger partial charge on any atom is 0.268 e. The number of hydrogen-bond acceptors (Lipinski definition) is 6. The second-order valence-electron chi connectivity index (χ2n) is 7.74. The number of benzene rings is 3. The van der Waals surface area contributed by atoms with Gasteiger partial charge in [0.1, 0.15) is 24.1 Å². The number of halogens is 1. The van der Waals surface area contributed by atoms with Crippen LogP contribution in [-0.2, 0) is 17.8 Å². The summed E-state index contributed by atoms with van der Waals surface area (Å²) in [6.45, 7) is 0.384. The zero-order valence-electron chi connectivity index (χ0n) is 19.4. The minimum Gasteiger partial charge on any atom is -0.493 e. The Morgan fingerprint density at radius 2 is 1.86 bits per heavy atom. The van der Waals surface area contributed by atoms with E-state index in [0.717, 1.165) is 16.0 Å². The van der Waals surface area contributed by atoms with E-state index in [-0.39, 0.29) is 11.4 Å². The lowest BCUT2D eigenvalue weighted by Crippen LogP contribution is -2.13. The lowest BCUT2D eigenvalue weighted by atomic mass is 10.1. The van der Waals surface area contributed by atoms with Crippen LogP contribution < -0.4 is 14.8 Å². The topological polar surface area (TPSA) is 84.2 Å². The third-order valence-electron chi connectivity index (χ3n) is 5.17. The summed E-state index contributed by atoms with van der Waals surface area (Å²) in [5.41, 5.74) is 2.49. The van der Waals surface area contributed by atoms with E-state index in [1.54, 1.807) is 36.5 Å². The number of rotatable bonds is 9. The Labute approximate surface area is 212 Å². The van der Waals surface area contributed by atoms with Crippen LogP contribution in [0.15, 0.2) is 84.6 Å². The maximum atomic E-state index is 13.1. The molecule has 0 saturated carbocycles. The molecule has 3 aromatic carbocycles. The third-order valence-corrected chi connectivity index (χ3v) is 6.08. The van der Waals surface area contributed by atoms with Crippen LogP contribution in [0.25, 0.3) is 6.08 Å². The van der Waals surface area contributed by atoms with Crippen molar-refractivity contribution in [2.45, 2.75) is 13.0 Å². The van der Waals surface area contributed by atoms with Crippen molar-refractivity contribution in [3.05, 3.63) is 112 Å². The van der Waals surface area contributed by atoms with Crippen molar-refractivity contribution in [3.63, 3.8) is 0 Å². The van der Waals surface area contributed by atoms with Gasteiger partial charge >= 0.3 is 0 Å². The van der Waals surface area contributed by atoms with Gasteiger partial charge in [-0.25, -0.2) is 9.37 Å². The first kappa shape index (κ1) is 24.6. The smallest absolute Gasteiger partial charge is 0.268 e. The van der Waals surface area contributed by atoms with Gasteiger partial charge in [-0.1, -0.05) is 48.5 Å². The second-order valence-corrected chi connectivity index (χ2v) is 8.86. The number of nitrogens with zero attached hydrogens (tertiary/aromatic N) is 2. The highest BCUT2D eigenvalue weighted by Gasteiger charge is 2.13. The summed E-state index contributed by atoms with van der Waals surface area (Å²) in [4.78, 5) is 17.8. The number of aromatic nitrogens is 1. The molecule has 1 aromatic heterocycles. The lowest BCUT2D eigenvalue weighted by molar-refractivity contribution is -0.112. The van der Waals surface area contributed by atoms with E-state index >= 15 is 0 Å². The quantitative estimate of drug-likeness (QED) is 0.225. The molecule has 0 aliphatic rings. The summed E-state index contributed by atoms with van der Waals surface area (Å²) < 4.78 is 24.4. The van der Waals surface area contributed by atoms with E-state index in [0.29, 0.717) is 35.2 Å². The van der Waals surface area contributed by atoms with Gasteiger partial charge in [-0.3, -0.25) is 10.1 Å². The molecule has 0 unspecified atom stereocenters. The van der Waals surface area contributed by atoms with Crippen LogP contribution >= 0.6 is 11.3 Å². The van der Waals surface area contributed by atoms with Crippen LogP contribution in [0.5, 0.6) is 11.5 Å². The summed E-state index contributed by atoms with van der Waals surface area (Å²) >= 11 is 1.30. The Bertz CT molecular complexity index is 1410. The van der Waals surface area contributed by atoms with Gasteiger partial charge in [-0.05, 0) is 47.0 Å². The summed E-state index contributed by atoms with van der Waals surface area (Å²) in [6, 6.07) is 23.1. The molecular formula is C28H22FN3O3S. The molecule has 180 valence electrons. The van der Waals surface area contributed by atoms with Gasteiger partial charge in [0, 0.05) is 17.5 Å². The number of nitriles is 1. The van der Waals surface area contributed by atoms with Gasteiger partial charge in [-0.2, -0.15) is 5.26 Å². The second kappa shape index (κ2) is 11.8. The van der Waals surface area contributed by atoms with E-state index in [1.807, 2.05) is 36.4 Å². The average molecular weight is 500 g/mol. The number of nitrogens with one attached hydrogen (secondary N) is 1. The van der Waals surface area contributed by atoms with Gasteiger partial charge in [0.25, 0.3) is 5.91 Å². The fraction of sp³-hybridized carbons (Fsp3) is 0.107. The van der Waals surface area contributed by atoms with E-state index in [9.17, 15) is 14.4 Å². The third kappa shape index (κ3) is 6.56. The molecule has 4 rings (SSSR count). The molecule has 1 N–H and O–H groups in total. The van der Waals surface area contributed by atoms with Gasteiger partial charge in [0.15, 0.2) is 16.6 Å². The van der Waals surface area contributed by atoms with E-state index < -0.39 is 5.91 Å². The number of methoxy groups -OCH3 is 1. The molecule has 0 aliphatic carbocycles. The van der Waals surface area contributed by atoms with E-state index in [1.165, 1.54) is 36.7 Å². The number of carbonyl (C=O) groups is 1. The average Bonchev–Trinajstić information content (AvgIpc) is 3.34. The molecular weight excluding hydrogens is 477 g/mol. The molecule has 36 heavy (non-hydrogen) atoms. The molecule has 0 radical (unpaired) electrons.